The number of Topliss-reactive ketones (excluding diaryl/α,β-unsaturated/α-hetero) is 1. The molecule has 0 aliphatic heterocycles. The Morgan fingerprint density at radius 3 is 2.50 bits per heavy atom. The molecule has 1 aromatic heterocycles. The van der Waals surface area contributed by atoms with Crippen LogP contribution in [0.1, 0.15) is 20.8 Å². The molecule has 5 nitrogen and oxygen atoms in total. The Morgan fingerprint density at radius 1 is 1.18 bits per heavy atom. The van der Waals surface area contributed by atoms with Gasteiger partial charge in [-0.05, 0) is 47.8 Å². The molecule has 0 amide bonds. The lowest BCUT2D eigenvalue weighted by molar-refractivity contribution is -0.683. The Balaban J connectivity index is 2.12. The normalized spacial score (nSPS) is 11.0. The molecule has 8 heteroatoms. The minimum Gasteiger partial charge on any atom is -0.422 e. The van der Waals surface area contributed by atoms with Gasteiger partial charge >= 0.3 is 5.97 Å². The molecule has 22 heavy (non-hydrogen) atoms. The molecule has 114 valence electrons. The van der Waals surface area contributed by atoms with Crippen LogP contribution in [0, 0.1) is 0 Å². The van der Waals surface area contributed by atoms with Crippen molar-refractivity contribution < 1.29 is 18.9 Å². The van der Waals surface area contributed by atoms with E-state index in [2.05, 4.69) is 52.8 Å². The van der Waals surface area contributed by atoms with Crippen LogP contribution in [-0.4, -0.2) is 19.1 Å². The van der Waals surface area contributed by atoms with Crippen molar-refractivity contribution in [1.29, 1.82) is 0 Å². The van der Waals surface area contributed by atoms with Crippen molar-refractivity contribution in [1.82, 2.24) is 4.98 Å². The SMILES string of the molecule is O=C(C[n+]1ccnc(C(=O)OC(Br)(Br)Br)c1)c1ccccc1. The molecule has 0 bridgehead atoms. The van der Waals surface area contributed by atoms with Gasteiger partial charge in [-0.3, -0.25) is 4.79 Å². The van der Waals surface area contributed by atoms with E-state index in [-0.39, 0.29) is 18.0 Å². The topological polar surface area (TPSA) is 60.1 Å². The zero-order valence-corrected chi connectivity index (χ0v) is 15.8. The summed E-state index contributed by atoms with van der Waals surface area (Å²) in [6.07, 6.45) is 4.51. The Kier molecular flexibility index (Phi) is 5.82. The smallest absolute Gasteiger partial charge is 0.365 e. The summed E-state index contributed by atoms with van der Waals surface area (Å²) in [5.41, 5.74) is 0.697. The third-order valence-electron chi connectivity index (χ3n) is 2.60. The van der Waals surface area contributed by atoms with Crippen molar-refractivity contribution in [3.05, 3.63) is 60.2 Å². The minimum absolute atomic E-state index is 0.0630. The summed E-state index contributed by atoms with van der Waals surface area (Å²) in [4.78, 5) is 28.0. The molecule has 0 atom stereocenters. The maximum absolute atomic E-state index is 12.1. The van der Waals surface area contributed by atoms with Crippen LogP contribution in [-0.2, 0) is 11.3 Å². The fourth-order valence-electron chi connectivity index (χ4n) is 1.68. The van der Waals surface area contributed by atoms with E-state index in [9.17, 15) is 9.59 Å². The highest BCUT2D eigenvalue weighted by molar-refractivity contribution is 9.39. The van der Waals surface area contributed by atoms with Gasteiger partial charge in [0, 0.05) is 5.56 Å². The van der Waals surface area contributed by atoms with E-state index in [1.54, 1.807) is 35.0 Å². The van der Waals surface area contributed by atoms with Crippen LogP contribution >= 0.6 is 47.8 Å². The molecule has 0 spiro atoms. The largest absolute Gasteiger partial charge is 0.422 e. The number of ether oxygens (including phenoxy) is 1. The first-order valence-electron chi connectivity index (χ1n) is 6.08. The molecule has 1 heterocycles. The summed E-state index contributed by atoms with van der Waals surface area (Å²) in [5, 5.41) is 0. The Bertz CT molecular complexity index is 687. The Morgan fingerprint density at radius 2 is 1.86 bits per heavy atom. The lowest BCUT2D eigenvalue weighted by atomic mass is 10.1. The van der Waals surface area contributed by atoms with Gasteiger partial charge in [0.1, 0.15) is 0 Å². The Hall–Kier alpha value is -1.12. The molecule has 0 unspecified atom stereocenters. The molecule has 0 fully saturated rings. The van der Waals surface area contributed by atoms with Crippen LogP contribution in [0.15, 0.2) is 48.9 Å². The number of carbonyl (C=O) groups excluding carboxylic acids is 2. The maximum atomic E-state index is 12.1. The quantitative estimate of drug-likeness (QED) is 0.284. The van der Waals surface area contributed by atoms with Gasteiger partial charge in [-0.15, -0.1) is 0 Å². The number of ketones is 1. The summed E-state index contributed by atoms with van der Waals surface area (Å²) >= 11 is 9.20. The lowest BCUT2D eigenvalue weighted by Gasteiger charge is -2.12. The number of nitrogens with zero attached hydrogens (tertiary/aromatic N) is 2. The number of aromatic nitrogens is 2. The molecule has 0 radical (unpaired) electrons. The molecule has 0 N–H and O–H groups in total. The van der Waals surface area contributed by atoms with Gasteiger partial charge in [0.2, 0.25) is 24.2 Å². The van der Waals surface area contributed by atoms with Crippen LogP contribution < -0.4 is 4.57 Å². The minimum atomic E-state index is -1.15. The van der Waals surface area contributed by atoms with Crippen LogP contribution in [0.3, 0.4) is 0 Å². The number of esters is 1. The number of rotatable bonds is 4. The van der Waals surface area contributed by atoms with Gasteiger partial charge in [-0.25, -0.2) is 9.78 Å². The second kappa shape index (κ2) is 7.43. The van der Waals surface area contributed by atoms with Crippen molar-refractivity contribution in [2.45, 2.75) is 8.87 Å². The van der Waals surface area contributed by atoms with E-state index in [1.165, 1.54) is 12.4 Å². The number of hydrogen-bond acceptors (Lipinski definition) is 4. The first kappa shape index (κ1) is 17.2. The van der Waals surface area contributed by atoms with Crippen molar-refractivity contribution >= 4 is 59.5 Å². The third-order valence-corrected chi connectivity index (χ3v) is 3.08. The van der Waals surface area contributed by atoms with Gasteiger partial charge in [0.15, 0.2) is 6.20 Å². The van der Waals surface area contributed by atoms with Crippen molar-refractivity contribution in [3.63, 3.8) is 0 Å². The van der Waals surface area contributed by atoms with E-state index in [0.717, 1.165) is 0 Å². The average molecular weight is 494 g/mol. The zero-order chi connectivity index (χ0) is 16.2. The molecule has 1 aromatic carbocycles. The highest BCUT2D eigenvalue weighted by atomic mass is 80.0. The summed E-state index contributed by atoms with van der Waals surface area (Å²) in [6.45, 7) is 0.106. The van der Waals surface area contributed by atoms with Crippen molar-refractivity contribution in [2.75, 3.05) is 0 Å². The fourth-order valence-corrected chi connectivity index (χ4v) is 2.12. The predicted octanol–water partition coefficient (Wildman–Crippen LogP) is 3.20. The molecule has 0 aliphatic carbocycles. The number of carbonyl (C=O) groups is 2. The zero-order valence-electron chi connectivity index (χ0n) is 11.1. The fraction of sp³-hybridized carbons (Fsp3) is 0.143. The van der Waals surface area contributed by atoms with Crippen LogP contribution in [0.4, 0.5) is 0 Å². The first-order chi connectivity index (χ1) is 10.3. The van der Waals surface area contributed by atoms with E-state index >= 15 is 0 Å². The molecular formula is C14H10Br3N2O3+. The number of alkyl halides is 3. The molecule has 0 saturated heterocycles. The van der Waals surface area contributed by atoms with Gasteiger partial charge in [-0.1, -0.05) is 30.3 Å². The maximum Gasteiger partial charge on any atom is 0.365 e. The van der Waals surface area contributed by atoms with Crippen LogP contribution in [0.25, 0.3) is 0 Å². The second-order valence-electron chi connectivity index (χ2n) is 4.24. The summed E-state index contributed by atoms with van der Waals surface area (Å²) in [6, 6.07) is 8.93. The highest BCUT2D eigenvalue weighted by Crippen LogP contribution is 2.35. The summed E-state index contributed by atoms with van der Waals surface area (Å²) < 4.78 is 5.45. The summed E-state index contributed by atoms with van der Waals surface area (Å²) in [7, 11) is 0. The molecule has 2 aromatic rings. The molecule has 2 rings (SSSR count). The second-order valence-corrected chi connectivity index (χ2v) is 10.8. The van der Waals surface area contributed by atoms with E-state index < -0.39 is 8.30 Å². The monoisotopic (exact) mass is 491 g/mol. The van der Waals surface area contributed by atoms with E-state index in [0.29, 0.717) is 5.56 Å². The lowest BCUT2D eigenvalue weighted by Crippen LogP contribution is -2.38. The molecular weight excluding hydrogens is 484 g/mol. The molecule has 0 aliphatic rings. The van der Waals surface area contributed by atoms with Crippen LogP contribution in [0.2, 0.25) is 0 Å². The summed E-state index contributed by atoms with van der Waals surface area (Å²) in [5.74, 6) is -0.709. The number of hydrogen-bond donors (Lipinski definition) is 0. The predicted molar refractivity (Wildman–Crippen MR) is 90.1 cm³/mol. The van der Waals surface area contributed by atoms with Gasteiger partial charge in [-0.2, -0.15) is 4.57 Å². The van der Waals surface area contributed by atoms with Crippen LogP contribution in [0.5, 0.6) is 0 Å². The highest BCUT2D eigenvalue weighted by Gasteiger charge is 2.26. The first-order valence-corrected chi connectivity index (χ1v) is 8.46. The van der Waals surface area contributed by atoms with Gasteiger partial charge in [0.25, 0.3) is 2.33 Å². The van der Waals surface area contributed by atoms with Gasteiger partial charge in [0.05, 0.1) is 6.20 Å². The standard InChI is InChI=1S/C14H10Br3N2O3/c15-14(16,17)22-13(21)11-8-19(7-6-18-11)9-12(20)10-4-2-1-3-5-10/h1-8H,9H2/q+1. The molecule has 0 saturated carbocycles. The number of halogens is 3. The number of benzene rings is 1. The van der Waals surface area contributed by atoms with Crippen molar-refractivity contribution in [3.8, 4) is 0 Å². The van der Waals surface area contributed by atoms with E-state index in [4.69, 9.17) is 4.74 Å². The van der Waals surface area contributed by atoms with Crippen molar-refractivity contribution in [2.24, 2.45) is 0 Å². The average Bonchev–Trinajstić information content (AvgIpc) is 2.46. The van der Waals surface area contributed by atoms with Gasteiger partial charge < -0.3 is 4.74 Å². The Labute approximate surface area is 152 Å². The third kappa shape index (κ3) is 5.26. The van der Waals surface area contributed by atoms with E-state index in [1.807, 2.05) is 6.07 Å².